The summed E-state index contributed by atoms with van der Waals surface area (Å²) in [5, 5.41) is 28.9. The molecule has 8 nitrogen and oxygen atoms in total. The van der Waals surface area contributed by atoms with E-state index in [2.05, 4.69) is 10.5 Å². The number of Topliss-reactive ketones (excluding diaryl/α,β-unsaturated/α-hetero) is 1. The molecule has 0 spiro atoms. The van der Waals surface area contributed by atoms with Crippen LogP contribution in [0.15, 0.2) is 34.0 Å². The molecule has 8 heteroatoms. The molecule has 27 heavy (non-hydrogen) atoms. The third kappa shape index (κ3) is 2.68. The standard InChI is InChI=1S/C19H19N3O5/c1-9-15-16(11-6-10(22(25)26)4-5-13(11)23)17-12(20-18(15)27-21-9)7-19(2,3)8-14(17)24/h4-6,16,20,23H,7-8H2,1-3H3. The number of non-ortho nitro benzene ring substituents is 1. The maximum absolute atomic E-state index is 13.0. The Morgan fingerprint density at radius 1 is 1.37 bits per heavy atom. The first-order valence-electron chi connectivity index (χ1n) is 8.65. The molecule has 1 aromatic heterocycles. The van der Waals surface area contributed by atoms with Crippen LogP contribution in [-0.4, -0.2) is 21.0 Å². The van der Waals surface area contributed by atoms with Crippen molar-refractivity contribution < 1.29 is 19.3 Å². The van der Waals surface area contributed by atoms with Crippen molar-refractivity contribution in [3.05, 3.63) is 56.4 Å². The summed E-state index contributed by atoms with van der Waals surface area (Å²) in [5.74, 6) is -0.405. The van der Waals surface area contributed by atoms with Gasteiger partial charge in [-0.05, 0) is 24.8 Å². The minimum atomic E-state index is -0.661. The molecule has 1 aromatic carbocycles. The number of carbonyl (C=O) groups is 1. The fourth-order valence-electron chi connectivity index (χ4n) is 4.07. The van der Waals surface area contributed by atoms with Crippen LogP contribution < -0.4 is 5.32 Å². The van der Waals surface area contributed by atoms with E-state index in [9.17, 15) is 20.0 Å². The van der Waals surface area contributed by atoms with E-state index in [4.69, 9.17) is 4.52 Å². The molecule has 0 saturated carbocycles. The van der Waals surface area contributed by atoms with Gasteiger partial charge in [0.05, 0.1) is 22.1 Å². The van der Waals surface area contributed by atoms with Crippen LogP contribution >= 0.6 is 0 Å². The van der Waals surface area contributed by atoms with Crippen LogP contribution in [0.4, 0.5) is 11.6 Å². The number of phenols is 1. The van der Waals surface area contributed by atoms with Crippen LogP contribution in [0.25, 0.3) is 0 Å². The van der Waals surface area contributed by atoms with E-state index >= 15 is 0 Å². The summed E-state index contributed by atoms with van der Waals surface area (Å²) >= 11 is 0. The summed E-state index contributed by atoms with van der Waals surface area (Å²) in [7, 11) is 0. The molecular weight excluding hydrogens is 350 g/mol. The number of allylic oxidation sites excluding steroid dienone is 2. The Bertz CT molecular complexity index is 1020. The van der Waals surface area contributed by atoms with Crippen molar-refractivity contribution in [1.29, 1.82) is 0 Å². The molecule has 140 valence electrons. The van der Waals surface area contributed by atoms with E-state index in [1.165, 1.54) is 18.2 Å². The molecule has 2 aromatic rings. The third-order valence-corrected chi connectivity index (χ3v) is 5.20. The quantitative estimate of drug-likeness (QED) is 0.610. The normalized spacial score (nSPS) is 20.7. The molecule has 0 amide bonds. The van der Waals surface area contributed by atoms with E-state index in [-0.39, 0.29) is 22.6 Å². The second kappa shape index (κ2) is 5.67. The zero-order chi connectivity index (χ0) is 19.5. The van der Waals surface area contributed by atoms with Crippen molar-refractivity contribution in [3.8, 4) is 5.75 Å². The molecule has 1 atom stereocenters. The Labute approximate surface area is 155 Å². The van der Waals surface area contributed by atoms with Gasteiger partial charge in [-0.2, -0.15) is 0 Å². The van der Waals surface area contributed by atoms with E-state index in [1.54, 1.807) is 6.92 Å². The first kappa shape index (κ1) is 17.3. The number of fused-ring (bicyclic) bond motifs is 1. The number of anilines is 1. The number of rotatable bonds is 2. The molecule has 0 saturated heterocycles. The number of nitrogens with one attached hydrogen (secondary N) is 1. The molecule has 2 N–H and O–H groups in total. The topological polar surface area (TPSA) is 118 Å². The molecule has 1 aliphatic carbocycles. The predicted molar refractivity (Wildman–Crippen MR) is 96.5 cm³/mol. The molecule has 1 unspecified atom stereocenters. The van der Waals surface area contributed by atoms with Gasteiger partial charge in [-0.15, -0.1) is 0 Å². The van der Waals surface area contributed by atoms with Crippen LogP contribution in [0.2, 0.25) is 0 Å². The number of hydrogen-bond donors (Lipinski definition) is 2. The molecule has 2 aliphatic rings. The van der Waals surface area contributed by atoms with Crippen molar-refractivity contribution in [2.75, 3.05) is 5.32 Å². The fourth-order valence-corrected chi connectivity index (χ4v) is 4.07. The molecule has 0 fully saturated rings. The number of nitro groups is 1. The highest BCUT2D eigenvalue weighted by molar-refractivity contribution is 6.01. The van der Waals surface area contributed by atoms with Gasteiger partial charge in [-0.3, -0.25) is 14.9 Å². The van der Waals surface area contributed by atoms with Gasteiger partial charge in [0.15, 0.2) is 5.78 Å². The van der Waals surface area contributed by atoms with E-state index in [1.807, 2.05) is 13.8 Å². The van der Waals surface area contributed by atoms with Gasteiger partial charge in [0.25, 0.3) is 5.69 Å². The number of benzene rings is 1. The second-order valence-corrected chi connectivity index (χ2v) is 7.90. The number of aryl methyl sites for hydroxylation is 1. The fraction of sp³-hybridized carbons (Fsp3) is 0.368. The highest BCUT2D eigenvalue weighted by Crippen LogP contribution is 2.51. The highest BCUT2D eigenvalue weighted by Gasteiger charge is 2.44. The number of phenolic OH excluding ortho intramolecular Hbond substituents is 1. The molecular formula is C19H19N3O5. The lowest BCUT2D eigenvalue weighted by Crippen LogP contribution is -2.33. The van der Waals surface area contributed by atoms with Gasteiger partial charge in [0, 0.05) is 35.4 Å². The smallest absolute Gasteiger partial charge is 0.270 e. The second-order valence-electron chi connectivity index (χ2n) is 7.90. The summed E-state index contributed by atoms with van der Waals surface area (Å²) in [6.07, 6.45) is 0.985. The first-order valence-corrected chi connectivity index (χ1v) is 8.65. The van der Waals surface area contributed by atoms with E-state index in [0.29, 0.717) is 41.1 Å². The van der Waals surface area contributed by atoms with Gasteiger partial charge >= 0.3 is 0 Å². The maximum atomic E-state index is 13.0. The number of carbonyl (C=O) groups excluding carboxylic acids is 1. The Hall–Kier alpha value is -3.16. The average Bonchev–Trinajstić information content (AvgIpc) is 2.93. The van der Waals surface area contributed by atoms with Crippen LogP contribution in [0, 0.1) is 22.5 Å². The monoisotopic (exact) mass is 369 g/mol. The molecule has 0 bridgehead atoms. The SMILES string of the molecule is Cc1noc2c1C(c1cc([N+](=O)[O-])ccc1O)C1=C(CC(C)(C)CC1=O)N2. The number of nitro benzene ring substituents is 1. The Morgan fingerprint density at radius 3 is 2.81 bits per heavy atom. The van der Waals surface area contributed by atoms with Crippen LogP contribution in [-0.2, 0) is 4.79 Å². The van der Waals surface area contributed by atoms with Crippen LogP contribution in [0.1, 0.15) is 49.4 Å². The minimum absolute atomic E-state index is 0.0455. The molecule has 0 radical (unpaired) electrons. The summed E-state index contributed by atoms with van der Waals surface area (Å²) in [6, 6.07) is 3.84. The number of nitrogens with zero attached hydrogens (tertiary/aromatic N) is 2. The molecule has 1 aliphatic heterocycles. The lowest BCUT2D eigenvalue weighted by atomic mass is 9.69. The maximum Gasteiger partial charge on any atom is 0.270 e. The predicted octanol–water partition coefficient (Wildman–Crippen LogP) is 3.80. The van der Waals surface area contributed by atoms with Crippen LogP contribution in [0.5, 0.6) is 5.75 Å². The third-order valence-electron chi connectivity index (χ3n) is 5.20. The summed E-state index contributed by atoms with van der Waals surface area (Å²) in [6.45, 7) is 5.77. The highest BCUT2D eigenvalue weighted by atomic mass is 16.6. The zero-order valence-corrected chi connectivity index (χ0v) is 15.2. The number of aromatic nitrogens is 1. The Morgan fingerprint density at radius 2 is 2.11 bits per heavy atom. The lowest BCUT2D eigenvalue weighted by Gasteiger charge is -2.37. The van der Waals surface area contributed by atoms with Crippen molar-refractivity contribution in [2.24, 2.45) is 5.41 Å². The minimum Gasteiger partial charge on any atom is -0.508 e. The first-order chi connectivity index (χ1) is 12.7. The van der Waals surface area contributed by atoms with Crippen molar-refractivity contribution >= 4 is 17.4 Å². The molecule has 4 rings (SSSR count). The summed E-state index contributed by atoms with van der Waals surface area (Å²) in [5.41, 5.74) is 2.36. The van der Waals surface area contributed by atoms with Gasteiger partial charge in [-0.1, -0.05) is 19.0 Å². The average molecular weight is 369 g/mol. The van der Waals surface area contributed by atoms with Crippen molar-refractivity contribution in [1.82, 2.24) is 5.16 Å². The van der Waals surface area contributed by atoms with Crippen LogP contribution in [0.3, 0.4) is 0 Å². The van der Waals surface area contributed by atoms with Crippen molar-refractivity contribution in [3.63, 3.8) is 0 Å². The Balaban J connectivity index is 1.98. The Kier molecular flexibility index (Phi) is 3.62. The van der Waals surface area contributed by atoms with Crippen molar-refractivity contribution in [2.45, 2.75) is 39.5 Å². The lowest BCUT2D eigenvalue weighted by molar-refractivity contribution is -0.384. The number of ketones is 1. The van der Waals surface area contributed by atoms with Gasteiger partial charge in [0.2, 0.25) is 5.88 Å². The summed E-state index contributed by atoms with van der Waals surface area (Å²) < 4.78 is 5.39. The number of aromatic hydroxyl groups is 1. The summed E-state index contributed by atoms with van der Waals surface area (Å²) in [4.78, 5) is 23.8. The molecule has 2 heterocycles. The largest absolute Gasteiger partial charge is 0.508 e. The number of hydrogen-bond acceptors (Lipinski definition) is 7. The van der Waals surface area contributed by atoms with Gasteiger partial charge in [0.1, 0.15) is 5.75 Å². The zero-order valence-electron chi connectivity index (χ0n) is 15.2. The van der Waals surface area contributed by atoms with Gasteiger partial charge < -0.3 is 14.9 Å². The van der Waals surface area contributed by atoms with E-state index in [0.717, 1.165) is 5.70 Å². The van der Waals surface area contributed by atoms with E-state index < -0.39 is 10.8 Å². The van der Waals surface area contributed by atoms with Gasteiger partial charge in [-0.25, -0.2) is 0 Å².